The SMILES string of the molecule is CCC(C)C(NC(=O)C(N)C(C)O)C(=O)NC(Cc1ccc(O)cc1)C(=O)NC(C(=O)O)C(C)C. The lowest BCUT2D eigenvalue weighted by Crippen LogP contribution is -2.60. The van der Waals surface area contributed by atoms with E-state index in [9.17, 15) is 34.5 Å². The lowest BCUT2D eigenvalue weighted by Gasteiger charge is -2.28. The Hall–Kier alpha value is -3.18. The van der Waals surface area contributed by atoms with E-state index < -0.39 is 59.9 Å². The smallest absolute Gasteiger partial charge is 0.326 e. The minimum atomic E-state index is -1.24. The molecule has 11 nitrogen and oxygen atoms in total. The highest BCUT2D eigenvalue weighted by Gasteiger charge is 2.33. The molecule has 6 unspecified atom stereocenters. The summed E-state index contributed by atoms with van der Waals surface area (Å²) in [6, 6.07) is 1.39. The van der Waals surface area contributed by atoms with Crippen LogP contribution in [0.25, 0.3) is 0 Å². The van der Waals surface area contributed by atoms with Gasteiger partial charge in [-0.25, -0.2) is 4.79 Å². The molecule has 6 atom stereocenters. The number of phenolic OH excluding ortho intramolecular Hbond substituents is 1. The number of amides is 3. The van der Waals surface area contributed by atoms with E-state index in [0.29, 0.717) is 12.0 Å². The number of benzene rings is 1. The van der Waals surface area contributed by atoms with Crippen LogP contribution in [0, 0.1) is 11.8 Å². The van der Waals surface area contributed by atoms with Gasteiger partial charge < -0.3 is 37.0 Å². The average Bonchev–Trinajstić information content (AvgIpc) is 2.79. The fraction of sp³-hybridized carbons (Fsp3) is 0.583. The molecule has 0 aromatic heterocycles. The predicted molar refractivity (Wildman–Crippen MR) is 129 cm³/mol. The standard InChI is InChI=1S/C24H38N4O7/c1-6-13(4)20(28-22(32)18(25)14(5)29)23(33)26-17(11-15-7-9-16(30)10-8-15)21(31)27-19(12(2)3)24(34)35/h7-10,12-14,17-20,29-30H,6,11,25H2,1-5H3,(H,26,33)(H,27,31)(H,28,32)(H,34,35). The van der Waals surface area contributed by atoms with Crippen molar-refractivity contribution in [3.05, 3.63) is 29.8 Å². The first-order valence-corrected chi connectivity index (χ1v) is 11.6. The van der Waals surface area contributed by atoms with E-state index in [2.05, 4.69) is 16.0 Å². The highest BCUT2D eigenvalue weighted by molar-refractivity contribution is 5.94. The predicted octanol–water partition coefficient (Wildman–Crippen LogP) is -0.116. The summed E-state index contributed by atoms with van der Waals surface area (Å²) in [5.41, 5.74) is 6.30. The lowest BCUT2D eigenvalue weighted by atomic mass is 9.96. The van der Waals surface area contributed by atoms with Crippen molar-refractivity contribution >= 4 is 23.7 Å². The van der Waals surface area contributed by atoms with E-state index in [1.807, 2.05) is 6.92 Å². The van der Waals surface area contributed by atoms with Gasteiger partial charge in [0.25, 0.3) is 0 Å². The van der Waals surface area contributed by atoms with Crippen molar-refractivity contribution in [2.75, 3.05) is 0 Å². The van der Waals surface area contributed by atoms with Crippen LogP contribution in [0.1, 0.15) is 46.6 Å². The first kappa shape index (κ1) is 29.9. The summed E-state index contributed by atoms with van der Waals surface area (Å²) in [6.07, 6.45) is -0.602. The van der Waals surface area contributed by atoms with Crippen LogP contribution < -0.4 is 21.7 Å². The van der Waals surface area contributed by atoms with Gasteiger partial charge in [0.1, 0.15) is 29.9 Å². The zero-order chi connectivity index (χ0) is 26.9. The third-order valence-corrected chi connectivity index (χ3v) is 5.86. The number of aliphatic carboxylic acids is 1. The third-order valence-electron chi connectivity index (χ3n) is 5.86. The first-order valence-electron chi connectivity index (χ1n) is 11.6. The molecule has 0 saturated heterocycles. The van der Waals surface area contributed by atoms with Gasteiger partial charge in [0.15, 0.2) is 0 Å². The van der Waals surface area contributed by atoms with E-state index in [1.54, 1.807) is 32.9 Å². The number of nitrogens with two attached hydrogens (primary N) is 1. The fourth-order valence-electron chi connectivity index (χ4n) is 3.28. The van der Waals surface area contributed by atoms with Crippen LogP contribution in [-0.4, -0.2) is 69.3 Å². The Morgan fingerprint density at radius 3 is 1.89 bits per heavy atom. The summed E-state index contributed by atoms with van der Waals surface area (Å²) in [7, 11) is 0. The number of hydrogen-bond donors (Lipinski definition) is 7. The number of phenols is 1. The monoisotopic (exact) mass is 494 g/mol. The number of aromatic hydroxyl groups is 1. The fourth-order valence-corrected chi connectivity index (χ4v) is 3.28. The average molecular weight is 495 g/mol. The van der Waals surface area contributed by atoms with Gasteiger partial charge in [0.2, 0.25) is 17.7 Å². The molecule has 0 saturated carbocycles. The Kier molecular flexibility index (Phi) is 11.6. The van der Waals surface area contributed by atoms with Gasteiger partial charge in [-0.1, -0.05) is 46.2 Å². The summed E-state index contributed by atoms with van der Waals surface area (Å²) in [4.78, 5) is 50.3. The number of carbonyl (C=O) groups excluding carboxylic acids is 3. The molecule has 8 N–H and O–H groups in total. The van der Waals surface area contributed by atoms with Gasteiger partial charge in [-0.05, 0) is 36.5 Å². The van der Waals surface area contributed by atoms with Gasteiger partial charge in [-0.3, -0.25) is 14.4 Å². The largest absolute Gasteiger partial charge is 0.508 e. The molecule has 0 bridgehead atoms. The lowest BCUT2D eigenvalue weighted by molar-refractivity contribution is -0.143. The number of nitrogens with one attached hydrogen (secondary N) is 3. The molecule has 1 aromatic carbocycles. The summed E-state index contributed by atoms with van der Waals surface area (Å²) in [5, 5.41) is 36.2. The number of hydrogen-bond acceptors (Lipinski definition) is 7. The molecule has 3 amide bonds. The molecular formula is C24H38N4O7. The molecule has 0 heterocycles. The Balaban J connectivity index is 3.20. The Morgan fingerprint density at radius 2 is 1.43 bits per heavy atom. The topological polar surface area (TPSA) is 191 Å². The number of carbonyl (C=O) groups is 4. The molecule has 0 aliphatic heterocycles. The second-order valence-electron chi connectivity index (χ2n) is 9.14. The highest BCUT2D eigenvalue weighted by atomic mass is 16.4. The molecule has 0 fully saturated rings. The van der Waals surface area contributed by atoms with Crippen molar-refractivity contribution in [2.45, 2.75) is 77.7 Å². The zero-order valence-electron chi connectivity index (χ0n) is 20.8. The minimum Gasteiger partial charge on any atom is -0.508 e. The maximum atomic E-state index is 13.2. The van der Waals surface area contributed by atoms with Gasteiger partial charge in [-0.15, -0.1) is 0 Å². The van der Waals surface area contributed by atoms with Gasteiger partial charge in [-0.2, -0.15) is 0 Å². The summed E-state index contributed by atoms with van der Waals surface area (Å²) in [5.74, 6) is -4.00. The van der Waals surface area contributed by atoms with Gasteiger partial charge in [0.05, 0.1) is 6.10 Å². The van der Waals surface area contributed by atoms with E-state index in [4.69, 9.17) is 5.73 Å². The second-order valence-corrected chi connectivity index (χ2v) is 9.14. The van der Waals surface area contributed by atoms with E-state index in [-0.39, 0.29) is 18.1 Å². The van der Waals surface area contributed by atoms with Crippen LogP contribution in [0.4, 0.5) is 0 Å². The molecule has 196 valence electrons. The van der Waals surface area contributed by atoms with Gasteiger partial charge >= 0.3 is 5.97 Å². The summed E-state index contributed by atoms with van der Waals surface area (Å²) >= 11 is 0. The van der Waals surface area contributed by atoms with Crippen LogP contribution in [-0.2, 0) is 25.6 Å². The number of rotatable bonds is 13. The Bertz CT molecular complexity index is 873. The summed E-state index contributed by atoms with van der Waals surface area (Å²) < 4.78 is 0. The Labute approximate surface area is 205 Å². The van der Waals surface area contributed by atoms with E-state index >= 15 is 0 Å². The van der Waals surface area contributed by atoms with Crippen LogP contribution in [0.2, 0.25) is 0 Å². The number of aliphatic hydroxyl groups excluding tert-OH is 1. The van der Waals surface area contributed by atoms with Crippen LogP contribution in [0.5, 0.6) is 5.75 Å². The quantitative estimate of drug-likeness (QED) is 0.197. The molecule has 0 aliphatic carbocycles. The van der Waals surface area contributed by atoms with E-state index in [1.165, 1.54) is 19.1 Å². The maximum Gasteiger partial charge on any atom is 0.326 e. The molecule has 0 spiro atoms. The maximum absolute atomic E-state index is 13.2. The molecule has 11 heteroatoms. The highest BCUT2D eigenvalue weighted by Crippen LogP contribution is 2.14. The van der Waals surface area contributed by atoms with Crippen molar-refractivity contribution < 1.29 is 34.5 Å². The van der Waals surface area contributed by atoms with Crippen molar-refractivity contribution in [3.63, 3.8) is 0 Å². The molecular weight excluding hydrogens is 456 g/mol. The first-order chi connectivity index (χ1) is 16.3. The summed E-state index contributed by atoms with van der Waals surface area (Å²) in [6.45, 7) is 8.21. The van der Waals surface area contributed by atoms with Crippen molar-refractivity contribution in [2.24, 2.45) is 17.6 Å². The van der Waals surface area contributed by atoms with Crippen LogP contribution in [0.3, 0.4) is 0 Å². The molecule has 1 rings (SSSR count). The number of carboxylic acid groups (broad SMARTS) is 1. The molecule has 35 heavy (non-hydrogen) atoms. The normalized spacial score (nSPS) is 16.3. The van der Waals surface area contributed by atoms with Crippen molar-refractivity contribution in [1.82, 2.24) is 16.0 Å². The number of carboxylic acids is 1. The van der Waals surface area contributed by atoms with Crippen LogP contribution in [0.15, 0.2) is 24.3 Å². The third kappa shape index (κ3) is 9.18. The zero-order valence-corrected chi connectivity index (χ0v) is 20.8. The van der Waals surface area contributed by atoms with Gasteiger partial charge in [0, 0.05) is 6.42 Å². The Morgan fingerprint density at radius 1 is 0.886 bits per heavy atom. The minimum absolute atomic E-state index is 0.0106. The molecule has 0 aliphatic rings. The second kappa shape index (κ2) is 13.6. The number of aliphatic hydroxyl groups is 1. The molecule has 0 radical (unpaired) electrons. The van der Waals surface area contributed by atoms with Crippen molar-refractivity contribution in [1.29, 1.82) is 0 Å². The van der Waals surface area contributed by atoms with E-state index in [0.717, 1.165) is 0 Å². The molecule has 1 aromatic rings. The van der Waals surface area contributed by atoms with Crippen molar-refractivity contribution in [3.8, 4) is 5.75 Å². The van der Waals surface area contributed by atoms with Crippen LogP contribution >= 0.6 is 0 Å².